The monoisotopic (exact) mass is 338 g/mol. The molecule has 2 aromatic rings. The molecule has 1 amide bonds. The molecule has 1 saturated heterocycles. The van der Waals surface area contributed by atoms with Crippen LogP contribution in [0, 0.1) is 5.92 Å². The molecule has 128 valence electrons. The molecule has 3 aliphatic rings. The molecule has 3 atom stereocenters. The Labute approximate surface area is 144 Å². The van der Waals surface area contributed by atoms with Gasteiger partial charge in [0.05, 0.1) is 30.6 Å². The SMILES string of the molecule is COC(=O)n1c2c(c3ccccc31)CCN1C(=O)C3OC=CC3CC21. The number of amides is 1. The molecule has 0 aliphatic carbocycles. The fourth-order valence-electron chi connectivity index (χ4n) is 4.56. The lowest BCUT2D eigenvalue weighted by Gasteiger charge is -2.43. The summed E-state index contributed by atoms with van der Waals surface area (Å²) in [5.41, 5.74) is 2.89. The molecule has 6 heteroatoms. The second-order valence-corrected chi connectivity index (χ2v) is 6.77. The van der Waals surface area contributed by atoms with Crippen LogP contribution in [-0.4, -0.2) is 41.2 Å². The van der Waals surface area contributed by atoms with Gasteiger partial charge in [-0.15, -0.1) is 0 Å². The van der Waals surface area contributed by atoms with Gasteiger partial charge in [-0.1, -0.05) is 18.2 Å². The molecule has 3 aliphatic heterocycles. The molecule has 25 heavy (non-hydrogen) atoms. The Morgan fingerprint density at radius 3 is 3.00 bits per heavy atom. The third-order valence-electron chi connectivity index (χ3n) is 5.63. The van der Waals surface area contributed by atoms with Gasteiger partial charge < -0.3 is 14.4 Å². The molecule has 1 fully saturated rings. The predicted octanol–water partition coefficient (Wildman–Crippen LogP) is 2.61. The van der Waals surface area contributed by atoms with Crippen LogP contribution in [0.2, 0.25) is 0 Å². The number of para-hydroxylation sites is 1. The number of nitrogens with zero attached hydrogens (tertiary/aromatic N) is 2. The van der Waals surface area contributed by atoms with Crippen LogP contribution in [0.5, 0.6) is 0 Å². The van der Waals surface area contributed by atoms with E-state index >= 15 is 0 Å². The average molecular weight is 338 g/mol. The molecule has 0 spiro atoms. The second kappa shape index (κ2) is 5.12. The van der Waals surface area contributed by atoms with Crippen molar-refractivity contribution in [3.05, 3.63) is 47.9 Å². The van der Waals surface area contributed by atoms with E-state index < -0.39 is 12.2 Å². The van der Waals surface area contributed by atoms with Gasteiger partial charge in [0.1, 0.15) is 0 Å². The molecule has 0 saturated carbocycles. The maximum absolute atomic E-state index is 12.9. The number of hydrogen-bond acceptors (Lipinski definition) is 4. The highest BCUT2D eigenvalue weighted by Gasteiger charge is 2.48. The van der Waals surface area contributed by atoms with Gasteiger partial charge in [0.2, 0.25) is 0 Å². The van der Waals surface area contributed by atoms with Crippen molar-refractivity contribution in [2.24, 2.45) is 5.92 Å². The van der Waals surface area contributed by atoms with Gasteiger partial charge in [0.15, 0.2) is 6.10 Å². The number of carbonyl (C=O) groups is 2. The highest BCUT2D eigenvalue weighted by Crippen LogP contribution is 2.45. The van der Waals surface area contributed by atoms with Crippen molar-refractivity contribution in [3.63, 3.8) is 0 Å². The van der Waals surface area contributed by atoms with Crippen LogP contribution in [0.25, 0.3) is 10.9 Å². The maximum Gasteiger partial charge on any atom is 0.418 e. The lowest BCUT2D eigenvalue weighted by atomic mass is 9.83. The highest BCUT2D eigenvalue weighted by molar-refractivity contribution is 5.95. The number of aromatic nitrogens is 1. The molecule has 6 nitrogen and oxygen atoms in total. The average Bonchev–Trinajstić information content (AvgIpc) is 3.24. The van der Waals surface area contributed by atoms with E-state index in [1.54, 1.807) is 10.8 Å². The molecular weight excluding hydrogens is 320 g/mol. The lowest BCUT2D eigenvalue weighted by molar-refractivity contribution is -0.150. The van der Waals surface area contributed by atoms with Gasteiger partial charge in [0.25, 0.3) is 5.91 Å². The van der Waals surface area contributed by atoms with E-state index in [0.29, 0.717) is 6.54 Å². The van der Waals surface area contributed by atoms with Gasteiger partial charge in [-0.05, 0) is 30.5 Å². The van der Waals surface area contributed by atoms with Crippen molar-refractivity contribution in [1.82, 2.24) is 9.47 Å². The van der Waals surface area contributed by atoms with Crippen molar-refractivity contribution in [1.29, 1.82) is 0 Å². The van der Waals surface area contributed by atoms with Crippen molar-refractivity contribution in [2.75, 3.05) is 13.7 Å². The zero-order valence-corrected chi connectivity index (χ0v) is 13.8. The highest BCUT2D eigenvalue weighted by atomic mass is 16.5. The minimum absolute atomic E-state index is 0.0126. The Kier molecular flexibility index (Phi) is 2.98. The van der Waals surface area contributed by atoms with Crippen LogP contribution in [-0.2, 0) is 20.7 Å². The molecular formula is C19H18N2O4. The van der Waals surface area contributed by atoms with E-state index in [0.717, 1.165) is 35.0 Å². The fourth-order valence-corrected chi connectivity index (χ4v) is 4.56. The second-order valence-electron chi connectivity index (χ2n) is 6.77. The first-order valence-electron chi connectivity index (χ1n) is 8.54. The minimum atomic E-state index is -0.410. The van der Waals surface area contributed by atoms with Crippen molar-refractivity contribution in [2.45, 2.75) is 25.0 Å². The van der Waals surface area contributed by atoms with Crippen LogP contribution in [0.15, 0.2) is 36.6 Å². The Balaban J connectivity index is 1.73. The lowest BCUT2D eigenvalue weighted by Crippen LogP contribution is -2.52. The largest absolute Gasteiger partial charge is 0.488 e. The summed E-state index contributed by atoms with van der Waals surface area (Å²) in [5, 5.41) is 1.07. The number of ether oxygens (including phenoxy) is 2. The number of methoxy groups -OCH3 is 1. The summed E-state index contributed by atoms with van der Waals surface area (Å²) in [6.45, 7) is 0.651. The Morgan fingerprint density at radius 2 is 2.16 bits per heavy atom. The summed E-state index contributed by atoms with van der Waals surface area (Å²) >= 11 is 0. The van der Waals surface area contributed by atoms with E-state index in [1.165, 1.54) is 7.11 Å². The molecule has 4 heterocycles. The van der Waals surface area contributed by atoms with Gasteiger partial charge in [-0.25, -0.2) is 9.36 Å². The van der Waals surface area contributed by atoms with Crippen molar-refractivity contribution >= 4 is 22.9 Å². The first kappa shape index (κ1) is 14.6. The topological polar surface area (TPSA) is 60.8 Å². The van der Waals surface area contributed by atoms with Gasteiger partial charge in [-0.3, -0.25) is 4.79 Å². The first-order chi connectivity index (χ1) is 12.2. The van der Waals surface area contributed by atoms with Crippen LogP contribution >= 0.6 is 0 Å². The predicted molar refractivity (Wildman–Crippen MR) is 90.0 cm³/mol. The summed E-state index contributed by atoms with van der Waals surface area (Å²) in [7, 11) is 1.39. The Bertz CT molecular complexity index is 929. The van der Waals surface area contributed by atoms with E-state index in [9.17, 15) is 9.59 Å². The van der Waals surface area contributed by atoms with Crippen molar-refractivity contribution < 1.29 is 19.1 Å². The number of hydrogen-bond donors (Lipinski definition) is 0. The maximum atomic E-state index is 12.9. The number of rotatable bonds is 0. The summed E-state index contributed by atoms with van der Waals surface area (Å²) in [5.74, 6) is 0.0716. The van der Waals surface area contributed by atoms with Crippen LogP contribution in [0.3, 0.4) is 0 Å². The van der Waals surface area contributed by atoms with Crippen molar-refractivity contribution in [3.8, 4) is 0 Å². The third-order valence-corrected chi connectivity index (χ3v) is 5.63. The smallest absolute Gasteiger partial charge is 0.418 e. The molecule has 5 rings (SSSR count). The first-order valence-corrected chi connectivity index (χ1v) is 8.54. The van der Waals surface area contributed by atoms with Crippen LogP contribution < -0.4 is 0 Å². The summed E-state index contributed by atoms with van der Waals surface area (Å²) in [6, 6.07) is 7.73. The standard InChI is InChI=1S/C19H18N2O4/c1-24-19(23)21-14-5-3-2-4-12(14)13-6-8-20-15(16(13)21)10-11-7-9-25-17(11)18(20)22/h2-5,7,9,11,15,17H,6,8,10H2,1H3. The van der Waals surface area contributed by atoms with E-state index in [-0.39, 0.29) is 17.9 Å². The molecule has 0 bridgehead atoms. The molecule has 1 aromatic heterocycles. The summed E-state index contributed by atoms with van der Waals surface area (Å²) in [4.78, 5) is 27.3. The normalized spacial score (nSPS) is 26.8. The van der Waals surface area contributed by atoms with Gasteiger partial charge in [-0.2, -0.15) is 0 Å². The third kappa shape index (κ3) is 1.85. The minimum Gasteiger partial charge on any atom is -0.488 e. The number of carbonyl (C=O) groups excluding carboxylic acids is 2. The zero-order valence-electron chi connectivity index (χ0n) is 13.8. The number of benzene rings is 1. The number of fused-ring (bicyclic) bond motifs is 6. The molecule has 1 aromatic carbocycles. The van der Waals surface area contributed by atoms with Crippen LogP contribution in [0.1, 0.15) is 23.7 Å². The zero-order chi connectivity index (χ0) is 17.1. The Morgan fingerprint density at radius 1 is 1.32 bits per heavy atom. The quantitative estimate of drug-likeness (QED) is 0.741. The molecule has 0 N–H and O–H groups in total. The Hall–Kier alpha value is -2.76. The summed E-state index contributed by atoms with van der Waals surface area (Å²) in [6.07, 6.45) is 4.25. The summed E-state index contributed by atoms with van der Waals surface area (Å²) < 4.78 is 12.2. The van der Waals surface area contributed by atoms with Crippen LogP contribution in [0.4, 0.5) is 4.79 Å². The molecule has 3 unspecified atom stereocenters. The fraction of sp³-hybridized carbons (Fsp3) is 0.368. The van der Waals surface area contributed by atoms with E-state index in [4.69, 9.17) is 9.47 Å². The van der Waals surface area contributed by atoms with Gasteiger partial charge >= 0.3 is 6.09 Å². The van der Waals surface area contributed by atoms with E-state index in [1.807, 2.05) is 35.2 Å². The van der Waals surface area contributed by atoms with E-state index in [2.05, 4.69) is 0 Å². The molecule has 0 radical (unpaired) electrons. The van der Waals surface area contributed by atoms with Gasteiger partial charge in [0, 0.05) is 17.8 Å². The number of piperidine rings is 1.